The molecule has 3 aliphatic heterocycles. The third-order valence-corrected chi connectivity index (χ3v) is 5.57. The monoisotopic (exact) mass is 393 g/mol. The molecule has 3 atom stereocenters. The Morgan fingerprint density at radius 1 is 1.26 bits per heavy atom. The average Bonchev–Trinajstić information content (AvgIpc) is 2.84. The summed E-state index contributed by atoms with van der Waals surface area (Å²) >= 11 is 6.03. The number of cyclic esters (lactones) is 1. The van der Waals surface area contributed by atoms with Gasteiger partial charge in [-0.1, -0.05) is 11.6 Å². The maximum Gasteiger partial charge on any atom is 0.416 e. The number of ether oxygens (including phenoxy) is 2. The predicted octanol–water partition coefficient (Wildman–Crippen LogP) is 4.12. The number of aromatic nitrogens is 1. The van der Waals surface area contributed by atoms with E-state index in [0.717, 1.165) is 18.4 Å². The van der Waals surface area contributed by atoms with Crippen LogP contribution < -0.4 is 4.90 Å². The van der Waals surface area contributed by atoms with Gasteiger partial charge in [0.05, 0.1) is 5.02 Å². The van der Waals surface area contributed by atoms with Crippen LogP contribution in [0.4, 0.5) is 15.4 Å². The SMILES string of the molecule is CC(C)(C)OC(=O)N1[C@@H]2CC[C@H]1CC(N1C(=O)OCc3cc(Cl)cnc31)C2. The van der Waals surface area contributed by atoms with E-state index in [1.165, 1.54) is 0 Å². The molecule has 0 saturated carbocycles. The fraction of sp³-hybridized carbons (Fsp3) is 0.632. The van der Waals surface area contributed by atoms with Crippen molar-refractivity contribution >= 4 is 29.6 Å². The van der Waals surface area contributed by atoms with Gasteiger partial charge in [0.25, 0.3) is 0 Å². The number of rotatable bonds is 1. The highest BCUT2D eigenvalue weighted by Crippen LogP contribution is 2.41. The molecule has 2 fully saturated rings. The lowest BCUT2D eigenvalue weighted by Gasteiger charge is -2.43. The van der Waals surface area contributed by atoms with Gasteiger partial charge in [-0.2, -0.15) is 0 Å². The van der Waals surface area contributed by atoms with Crippen molar-refractivity contribution < 1.29 is 19.1 Å². The summed E-state index contributed by atoms with van der Waals surface area (Å²) < 4.78 is 10.9. The van der Waals surface area contributed by atoms with E-state index in [2.05, 4.69) is 4.98 Å². The third kappa shape index (κ3) is 3.45. The van der Waals surface area contributed by atoms with E-state index in [1.807, 2.05) is 25.7 Å². The Labute approximate surface area is 163 Å². The Balaban J connectivity index is 1.55. The minimum absolute atomic E-state index is 0.0542. The molecule has 0 N–H and O–H groups in total. The van der Waals surface area contributed by atoms with Crippen LogP contribution in [0.1, 0.15) is 52.0 Å². The second-order valence-corrected chi connectivity index (χ2v) is 8.90. The molecular formula is C19H24ClN3O4. The van der Waals surface area contributed by atoms with E-state index in [9.17, 15) is 9.59 Å². The normalized spacial score (nSPS) is 27.3. The number of hydrogen-bond acceptors (Lipinski definition) is 5. The van der Waals surface area contributed by atoms with Crippen LogP contribution in [-0.2, 0) is 16.1 Å². The number of anilines is 1. The Bertz CT molecular complexity index is 765. The number of pyridine rings is 1. The third-order valence-electron chi connectivity index (χ3n) is 5.36. The van der Waals surface area contributed by atoms with Crippen molar-refractivity contribution in [2.24, 2.45) is 0 Å². The molecule has 7 nitrogen and oxygen atoms in total. The summed E-state index contributed by atoms with van der Waals surface area (Å²) in [6.45, 7) is 5.80. The summed E-state index contributed by atoms with van der Waals surface area (Å²) in [6.07, 6.45) is 4.13. The number of carbonyl (C=O) groups excluding carboxylic acids is 2. The first kappa shape index (κ1) is 18.3. The molecule has 3 aliphatic rings. The highest BCUT2D eigenvalue weighted by Gasteiger charge is 2.48. The average molecular weight is 394 g/mol. The smallest absolute Gasteiger partial charge is 0.416 e. The fourth-order valence-electron chi connectivity index (χ4n) is 4.39. The van der Waals surface area contributed by atoms with Crippen molar-refractivity contribution in [1.29, 1.82) is 0 Å². The molecule has 0 aromatic carbocycles. The van der Waals surface area contributed by atoms with Gasteiger partial charge in [0.15, 0.2) is 0 Å². The van der Waals surface area contributed by atoms with Crippen molar-refractivity contribution in [2.75, 3.05) is 4.90 Å². The number of carbonyl (C=O) groups is 2. The molecule has 1 aromatic rings. The van der Waals surface area contributed by atoms with E-state index < -0.39 is 5.60 Å². The summed E-state index contributed by atoms with van der Waals surface area (Å²) in [6, 6.07) is 1.86. The van der Waals surface area contributed by atoms with E-state index in [-0.39, 0.29) is 36.9 Å². The number of hydrogen-bond donors (Lipinski definition) is 0. The lowest BCUT2D eigenvalue weighted by molar-refractivity contribution is 0.00572. The molecule has 0 radical (unpaired) electrons. The first-order valence-corrected chi connectivity index (χ1v) is 9.72. The van der Waals surface area contributed by atoms with Gasteiger partial charge < -0.3 is 14.4 Å². The first-order valence-electron chi connectivity index (χ1n) is 9.34. The van der Waals surface area contributed by atoms with Crippen LogP contribution in [0.25, 0.3) is 0 Å². The zero-order chi connectivity index (χ0) is 19.3. The van der Waals surface area contributed by atoms with Crippen molar-refractivity contribution in [3.05, 3.63) is 22.8 Å². The van der Waals surface area contributed by atoms with Gasteiger partial charge in [0.1, 0.15) is 18.0 Å². The van der Waals surface area contributed by atoms with Gasteiger partial charge in [-0.05, 0) is 52.5 Å². The van der Waals surface area contributed by atoms with Crippen LogP contribution in [0.3, 0.4) is 0 Å². The Hall–Kier alpha value is -2.02. The molecule has 2 amide bonds. The number of piperidine rings is 1. The first-order chi connectivity index (χ1) is 12.7. The molecule has 1 aromatic heterocycles. The van der Waals surface area contributed by atoms with Crippen LogP contribution in [0.2, 0.25) is 5.02 Å². The number of fused-ring (bicyclic) bond motifs is 3. The Morgan fingerprint density at radius 2 is 1.93 bits per heavy atom. The van der Waals surface area contributed by atoms with E-state index in [1.54, 1.807) is 17.2 Å². The summed E-state index contributed by atoms with van der Waals surface area (Å²) in [5, 5.41) is 0.520. The molecule has 8 heteroatoms. The van der Waals surface area contributed by atoms with Gasteiger partial charge >= 0.3 is 12.2 Å². The largest absolute Gasteiger partial charge is 0.444 e. The lowest BCUT2D eigenvalue weighted by Crippen LogP contribution is -2.55. The second-order valence-electron chi connectivity index (χ2n) is 8.46. The Morgan fingerprint density at radius 3 is 2.56 bits per heavy atom. The zero-order valence-corrected chi connectivity index (χ0v) is 16.5. The quantitative estimate of drug-likeness (QED) is 0.717. The molecule has 146 valence electrons. The number of halogens is 1. The van der Waals surface area contributed by atoms with Gasteiger partial charge in [0.2, 0.25) is 0 Å². The molecular weight excluding hydrogens is 370 g/mol. The summed E-state index contributed by atoms with van der Waals surface area (Å²) in [5.41, 5.74) is 0.288. The maximum atomic E-state index is 12.6. The Kier molecular flexibility index (Phi) is 4.45. The van der Waals surface area contributed by atoms with Gasteiger partial charge in [-0.25, -0.2) is 14.6 Å². The number of amides is 2. The standard InChI is InChI=1S/C19H24ClN3O4/c1-19(2,3)27-18(25)22-13-4-5-14(22)8-15(7-13)23-16-11(10-26-17(23)24)6-12(20)9-21-16/h6,9,13-15H,4-5,7-8,10H2,1-3H3/t13-,14+,15?. The minimum Gasteiger partial charge on any atom is -0.444 e. The van der Waals surface area contributed by atoms with Gasteiger partial charge in [-0.15, -0.1) is 0 Å². The van der Waals surface area contributed by atoms with Crippen LogP contribution in [0, 0.1) is 0 Å². The highest BCUT2D eigenvalue weighted by molar-refractivity contribution is 6.30. The van der Waals surface area contributed by atoms with E-state index >= 15 is 0 Å². The lowest BCUT2D eigenvalue weighted by atomic mass is 9.96. The zero-order valence-electron chi connectivity index (χ0n) is 15.8. The van der Waals surface area contributed by atoms with Crippen molar-refractivity contribution in [1.82, 2.24) is 9.88 Å². The van der Waals surface area contributed by atoms with Crippen LogP contribution in [0.5, 0.6) is 0 Å². The topological polar surface area (TPSA) is 72.0 Å². The molecule has 1 unspecified atom stereocenters. The van der Waals surface area contributed by atoms with Crippen molar-refractivity contribution in [3.63, 3.8) is 0 Å². The molecule has 4 heterocycles. The molecule has 0 aliphatic carbocycles. The van der Waals surface area contributed by atoms with Crippen LogP contribution in [-0.4, -0.2) is 45.8 Å². The predicted molar refractivity (Wildman–Crippen MR) is 99.8 cm³/mol. The molecule has 0 spiro atoms. The molecule has 2 bridgehead atoms. The minimum atomic E-state index is -0.522. The highest BCUT2D eigenvalue weighted by atomic mass is 35.5. The maximum absolute atomic E-state index is 12.6. The van der Waals surface area contributed by atoms with E-state index in [0.29, 0.717) is 23.7 Å². The van der Waals surface area contributed by atoms with Crippen LogP contribution >= 0.6 is 11.6 Å². The number of nitrogens with zero attached hydrogens (tertiary/aromatic N) is 3. The van der Waals surface area contributed by atoms with Gasteiger partial charge in [-0.3, -0.25) is 4.90 Å². The van der Waals surface area contributed by atoms with Gasteiger partial charge in [0, 0.05) is 29.9 Å². The summed E-state index contributed by atoms with van der Waals surface area (Å²) in [7, 11) is 0. The summed E-state index contributed by atoms with van der Waals surface area (Å²) in [4.78, 5) is 33.0. The molecule has 27 heavy (non-hydrogen) atoms. The van der Waals surface area contributed by atoms with Crippen LogP contribution in [0.15, 0.2) is 12.3 Å². The van der Waals surface area contributed by atoms with Crippen molar-refractivity contribution in [3.8, 4) is 0 Å². The molecule has 4 rings (SSSR count). The van der Waals surface area contributed by atoms with Crippen molar-refractivity contribution in [2.45, 2.75) is 76.8 Å². The second kappa shape index (κ2) is 6.55. The molecule has 2 saturated heterocycles. The summed E-state index contributed by atoms with van der Waals surface area (Å²) in [5.74, 6) is 0.616. The fourth-order valence-corrected chi connectivity index (χ4v) is 4.57. The van der Waals surface area contributed by atoms with E-state index in [4.69, 9.17) is 21.1 Å².